The number of aromatic nitrogens is 2. The molecule has 27 heavy (non-hydrogen) atoms. The van der Waals surface area contributed by atoms with Crippen molar-refractivity contribution in [3.63, 3.8) is 0 Å². The fourth-order valence-electron chi connectivity index (χ4n) is 3.46. The highest BCUT2D eigenvalue weighted by Crippen LogP contribution is 2.36. The molecule has 1 aliphatic heterocycles. The number of benzene rings is 1. The van der Waals surface area contributed by atoms with Gasteiger partial charge in [0, 0.05) is 49.1 Å². The minimum atomic E-state index is -3.51. The molecule has 0 spiro atoms. The maximum Gasteiger partial charge on any atom is 0.242 e. The monoisotopic (exact) mass is 448 g/mol. The largest absolute Gasteiger partial charge is 0.371 e. The quantitative estimate of drug-likeness (QED) is 0.657. The minimum Gasteiger partial charge on any atom is -0.371 e. The lowest BCUT2D eigenvalue weighted by Crippen LogP contribution is -2.23. The van der Waals surface area contributed by atoms with E-state index in [1.54, 1.807) is 32.4 Å². The summed E-state index contributed by atoms with van der Waals surface area (Å²) in [7, 11) is -0.408. The summed E-state index contributed by atoms with van der Waals surface area (Å²) in [6.07, 6.45) is 4.06. The third kappa shape index (κ3) is 3.37. The molecule has 0 unspecified atom stereocenters. The van der Waals surface area contributed by atoms with Crippen LogP contribution in [-0.4, -0.2) is 49.9 Å². The molecule has 0 bridgehead atoms. The van der Waals surface area contributed by atoms with Crippen LogP contribution in [0.5, 0.6) is 0 Å². The topological polar surface area (TPSA) is 69.3 Å². The SMILES string of the molecule is CN(C)S(=O)(=O)c1ccc(N2CCCC2)c(-c2cc3ncc(Br)cc3[nH]2)c1. The van der Waals surface area contributed by atoms with Gasteiger partial charge in [0.1, 0.15) is 0 Å². The second-order valence-corrected chi connectivity index (χ2v) is 10.00. The van der Waals surface area contributed by atoms with E-state index in [-0.39, 0.29) is 0 Å². The fraction of sp³-hybridized carbons (Fsp3) is 0.316. The molecule has 0 amide bonds. The van der Waals surface area contributed by atoms with Crippen LogP contribution < -0.4 is 4.90 Å². The minimum absolute atomic E-state index is 0.290. The van der Waals surface area contributed by atoms with Gasteiger partial charge in [-0.05, 0) is 59.1 Å². The number of hydrogen-bond acceptors (Lipinski definition) is 4. The molecule has 1 aliphatic rings. The van der Waals surface area contributed by atoms with E-state index >= 15 is 0 Å². The van der Waals surface area contributed by atoms with E-state index in [4.69, 9.17) is 0 Å². The van der Waals surface area contributed by atoms with Crippen molar-refractivity contribution in [1.82, 2.24) is 14.3 Å². The predicted octanol–water partition coefficient (Wildman–Crippen LogP) is 3.84. The van der Waals surface area contributed by atoms with E-state index in [2.05, 4.69) is 30.8 Å². The van der Waals surface area contributed by atoms with Crippen LogP contribution in [0, 0.1) is 0 Å². The van der Waals surface area contributed by atoms with Crippen LogP contribution in [0.15, 0.2) is 45.9 Å². The molecule has 3 heterocycles. The lowest BCUT2D eigenvalue weighted by molar-refractivity contribution is 0.521. The molecule has 4 rings (SSSR count). The van der Waals surface area contributed by atoms with Crippen LogP contribution in [0.2, 0.25) is 0 Å². The molecule has 1 N–H and O–H groups in total. The number of rotatable bonds is 4. The summed E-state index contributed by atoms with van der Waals surface area (Å²) in [4.78, 5) is 10.4. The van der Waals surface area contributed by atoms with Gasteiger partial charge in [-0.2, -0.15) is 0 Å². The molecule has 0 aliphatic carbocycles. The molecule has 3 aromatic rings. The van der Waals surface area contributed by atoms with Crippen molar-refractivity contribution in [2.75, 3.05) is 32.1 Å². The molecule has 1 aromatic carbocycles. The second-order valence-electron chi connectivity index (χ2n) is 6.93. The van der Waals surface area contributed by atoms with Crippen molar-refractivity contribution in [2.45, 2.75) is 17.7 Å². The molecule has 6 nitrogen and oxygen atoms in total. The number of halogens is 1. The summed E-state index contributed by atoms with van der Waals surface area (Å²) in [6, 6.07) is 9.34. The van der Waals surface area contributed by atoms with Crippen LogP contribution in [0.1, 0.15) is 12.8 Å². The molecule has 1 fully saturated rings. The Labute approximate surface area is 167 Å². The van der Waals surface area contributed by atoms with Crippen LogP contribution >= 0.6 is 15.9 Å². The normalized spacial score (nSPS) is 15.2. The number of aromatic amines is 1. The van der Waals surface area contributed by atoms with Gasteiger partial charge in [0.05, 0.1) is 21.6 Å². The smallest absolute Gasteiger partial charge is 0.242 e. The van der Waals surface area contributed by atoms with E-state index in [0.717, 1.165) is 58.4 Å². The number of sulfonamides is 1. The summed E-state index contributed by atoms with van der Waals surface area (Å²) >= 11 is 3.44. The Balaban J connectivity index is 1.91. The molecule has 0 saturated carbocycles. The van der Waals surface area contributed by atoms with Gasteiger partial charge in [0.15, 0.2) is 0 Å². The first-order valence-electron chi connectivity index (χ1n) is 8.82. The molecule has 1 saturated heterocycles. The van der Waals surface area contributed by atoms with Crippen molar-refractivity contribution in [2.24, 2.45) is 0 Å². The maximum atomic E-state index is 12.6. The predicted molar refractivity (Wildman–Crippen MR) is 112 cm³/mol. The molecule has 8 heteroatoms. The van der Waals surface area contributed by atoms with E-state index in [0.29, 0.717) is 4.90 Å². The molecule has 2 aromatic heterocycles. The molecule has 0 atom stereocenters. The Morgan fingerprint density at radius 1 is 1.15 bits per heavy atom. The first-order chi connectivity index (χ1) is 12.9. The number of nitrogens with zero attached hydrogens (tertiary/aromatic N) is 3. The summed E-state index contributed by atoms with van der Waals surface area (Å²) in [5, 5.41) is 0. The van der Waals surface area contributed by atoms with E-state index < -0.39 is 10.0 Å². The molecule has 142 valence electrons. The van der Waals surface area contributed by atoms with Gasteiger partial charge in [-0.15, -0.1) is 0 Å². The number of H-pyrrole nitrogens is 1. The summed E-state index contributed by atoms with van der Waals surface area (Å²) < 4.78 is 27.4. The van der Waals surface area contributed by atoms with Crippen LogP contribution in [-0.2, 0) is 10.0 Å². The van der Waals surface area contributed by atoms with Gasteiger partial charge < -0.3 is 9.88 Å². The Morgan fingerprint density at radius 2 is 1.89 bits per heavy atom. The third-order valence-corrected chi connectivity index (χ3v) is 7.16. The maximum absolute atomic E-state index is 12.6. The zero-order valence-electron chi connectivity index (χ0n) is 15.2. The van der Waals surface area contributed by atoms with Crippen molar-refractivity contribution < 1.29 is 8.42 Å². The number of hydrogen-bond donors (Lipinski definition) is 1. The zero-order valence-corrected chi connectivity index (χ0v) is 17.6. The number of nitrogens with one attached hydrogen (secondary N) is 1. The zero-order chi connectivity index (χ0) is 19.2. The van der Waals surface area contributed by atoms with E-state index in [9.17, 15) is 8.42 Å². The van der Waals surface area contributed by atoms with E-state index in [1.165, 1.54) is 4.31 Å². The van der Waals surface area contributed by atoms with Gasteiger partial charge in [-0.25, -0.2) is 12.7 Å². The standard InChI is InChI=1S/C19H21BrN4O2S/c1-23(2)27(25,26)14-5-6-19(24-7-3-4-8-24)15(10-14)16-11-17-18(22-16)9-13(20)12-21-17/h5-6,9-12,22H,3-4,7-8H2,1-2H3. The molecular formula is C19H21BrN4O2S. The van der Waals surface area contributed by atoms with Crippen LogP contribution in [0.3, 0.4) is 0 Å². The molecular weight excluding hydrogens is 428 g/mol. The summed E-state index contributed by atoms with van der Waals surface area (Å²) in [6.45, 7) is 1.97. The fourth-order valence-corrected chi connectivity index (χ4v) is 4.72. The summed E-state index contributed by atoms with van der Waals surface area (Å²) in [5.41, 5.74) is 4.56. The molecule has 0 radical (unpaired) electrons. The number of fused-ring (bicyclic) bond motifs is 1. The Bertz CT molecular complexity index is 1100. The first-order valence-corrected chi connectivity index (χ1v) is 11.1. The van der Waals surface area contributed by atoms with Crippen molar-refractivity contribution in [3.8, 4) is 11.3 Å². The Morgan fingerprint density at radius 3 is 2.59 bits per heavy atom. The van der Waals surface area contributed by atoms with Crippen molar-refractivity contribution in [1.29, 1.82) is 0 Å². The highest BCUT2D eigenvalue weighted by Gasteiger charge is 2.23. The van der Waals surface area contributed by atoms with Crippen LogP contribution in [0.4, 0.5) is 5.69 Å². The van der Waals surface area contributed by atoms with Gasteiger partial charge >= 0.3 is 0 Å². The Hall–Kier alpha value is -1.90. The van der Waals surface area contributed by atoms with Gasteiger partial charge in [-0.1, -0.05) is 0 Å². The summed E-state index contributed by atoms with van der Waals surface area (Å²) in [5.74, 6) is 0. The number of pyridine rings is 1. The lowest BCUT2D eigenvalue weighted by Gasteiger charge is -2.22. The van der Waals surface area contributed by atoms with Crippen molar-refractivity contribution in [3.05, 3.63) is 41.0 Å². The Kier molecular flexibility index (Phi) is 4.73. The van der Waals surface area contributed by atoms with E-state index in [1.807, 2.05) is 18.2 Å². The highest BCUT2D eigenvalue weighted by molar-refractivity contribution is 9.10. The average Bonchev–Trinajstić information content (AvgIpc) is 3.30. The second kappa shape index (κ2) is 6.92. The highest BCUT2D eigenvalue weighted by atomic mass is 79.9. The third-order valence-electron chi connectivity index (χ3n) is 4.92. The number of anilines is 1. The van der Waals surface area contributed by atoms with Gasteiger partial charge in [0.25, 0.3) is 0 Å². The van der Waals surface area contributed by atoms with Crippen molar-refractivity contribution >= 4 is 42.7 Å². The van der Waals surface area contributed by atoms with Crippen LogP contribution in [0.25, 0.3) is 22.3 Å². The van der Waals surface area contributed by atoms with Gasteiger partial charge in [-0.3, -0.25) is 4.98 Å². The average molecular weight is 449 g/mol. The lowest BCUT2D eigenvalue weighted by atomic mass is 10.1. The first kappa shape index (κ1) is 18.5. The van der Waals surface area contributed by atoms with Gasteiger partial charge in [0.2, 0.25) is 10.0 Å².